The first-order valence-electron chi connectivity index (χ1n) is 15.7. The van der Waals surface area contributed by atoms with Crippen molar-refractivity contribution in [2.24, 2.45) is 0 Å². The van der Waals surface area contributed by atoms with E-state index in [0.717, 1.165) is 27.7 Å². The Balaban J connectivity index is 1.34. The molecule has 0 bridgehead atoms. The molecule has 0 aliphatic rings. The van der Waals surface area contributed by atoms with Gasteiger partial charge in [-0.2, -0.15) is 0 Å². The third-order valence-corrected chi connectivity index (χ3v) is 10.6. The van der Waals surface area contributed by atoms with Crippen LogP contribution in [0.3, 0.4) is 0 Å². The van der Waals surface area contributed by atoms with Crippen LogP contribution in [0.5, 0.6) is 0 Å². The van der Waals surface area contributed by atoms with Gasteiger partial charge in [0.2, 0.25) is 0 Å². The van der Waals surface area contributed by atoms with Gasteiger partial charge in [-0.05, 0) is 68.1 Å². The van der Waals surface area contributed by atoms with Crippen LogP contribution in [-0.4, -0.2) is 0 Å². The summed E-state index contributed by atoms with van der Waals surface area (Å²) in [5.74, 6) is 0. The van der Waals surface area contributed by atoms with Crippen molar-refractivity contribution >= 4 is 75.0 Å². The topological polar surface area (TPSA) is 13.1 Å². The average molecular weight is 603 g/mol. The highest BCUT2D eigenvalue weighted by Gasteiger charge is 2.24. The quantitative estimate of drug-likeness (QED) is 0.196. The second kappa shape index (κ2) is 9.90. The minimum atomic E-state index is 0.908. The van der Waals surface area contributed by atoms with E-state index in [1.54, 1.807) is 0 Å². The number of thiophene rings is 1. The van der Waals surface area contributed by atoms with Crippen molar-refractivity contribution in [1.82, 2.24) is 0 Å². The van der Waals surface area contributed by atoms with E-state index >= 15 is 0 Å². The zero-order valence-electron chi connectivity index (χ0n) is 24.8. The second-order valence-corrected chi connectivity index (χ2v) is 13.1. The number of fused-ring (bicyclic) bond motifs is 8. The molecule has 46 heavy (non-hydrogen) atoms. The maximum absolute atomic E-state index is 6.87. The summed E-state index contributed by atoms with van der Waals surface area (Å²) < 4.78 is 9.46. The van der Waals surface area contributed by atoms with Crippen LogP contribution in [0.1, 0.15) is 0 Å². The molecule has 0 atom stereocenters. The molecule has 214 valence electrons. The molecule has 0 unspecified atom stereocenters. The van der Waals surface area contributed by atoms with E-state index in [9.17, 15) is 0 Å². The molecular formula is C44H26OS. The van der Waals surface area contributed by atoms with Crippen LogP contribution < -0.4 is 0 Å². The number of benzene rings is 8. The predicted molar refractivity (Wildman–Crippen MR) is 198 cm³/mol. The lowest BCUT2D eigenvalue weighted by molar-refractivity contribution is 0.670. The van der Waals surface area contributed by atoms with Gasteiger partial charge < -0.3 is 4.42 Å². The van der Waals surface area contributed by atoms with Gasteiger partial charge in [-0.15, -0.1) is 11.3 Å². The first-order valence-corrected chi connectivity index (χ1v) is 16.5. The molecule has 0 amide bonds. The first-order chi connectivity index (χ1) is 22.8. The summed E-state index contributed by atoms with van der Waals surface area (Å²) in [4.78, 5) is 0. The molecule has 2 heteroatoms. The fourth-order valence-corrected chi connectivity index (χ4v) is 8.57. The minimum Gasteiger partial charge on any atom is -0.455 e. The molecule has 10 aromatic rings. The molecule has 0 fully saturated rings. The van der Waals surface area contributed by atoms with Gasteiger partial charge in [0, 0.05) is 42.1 Å². The van der Waals surface area contributed by atoms with E-state index in [-0.39, 0.29) is 0 Å². The van der Waals surface area contributed by atoms with Crippen molar-refractivity contribution in [1.29, 1.82) is 0 Å². The molecule has 0 N–H and O–H groups in total. The Labute approximate surface area is 269 Å². The molecule has 0 aliphatic carbocycles. The zero-order chi connectivity index (χ0) is 30.2. The lowest BCUT2D eigenvalue weighted by Gasteiger charge is -2.16. The largest absolute Gasteiger partial charge is 0.455 e. The summed E-state index contributed by atoms with van der Waals surface area (Å²) >= 11 is 1.87. The highest BCUT2D eigenvalue weighted by atomic mass is 32.1. The lowest BCUT2D eigenvalue weighted by atomic mass is 9.86. The number of furan rings is 1. The Hall–Kier alpha value is -5.70. The van der Waals surface area contributed by atoms with Gasteiger partial charge in [-0.25, -0.2) is 0 Å². The molecule has 0 saturated carbocycles. The van der Waals surface area contributed by atoms with Crippen molar-refractivity contribution in [2.45, 2.75) is 0 Å². The lowest BCUT2D eigenvalue weighted by Crippen LogP contribution is -1.90. The Morgan fingerprint density at radius 1 is 0.391 bits per heavy atom. The molecule has 0 spiro atoms. The number of hydrogen-bond donors (Lipinski definition) is 0. The molecule has 2 aromatic heterocycles. The van der Waals surface area contributed by atoms with Gasteiger partial charge in [-0.3, -0.25) is 0 Å². The Morgan fingerprint density at radius 3 is 1.98 bits per heavy atom. The highest BCUT2D eigenvalue weighted by Crippen LogP contribution is 2.50. The third kappa shape index (κ3) is 3.74. The van der Waals surface area contributed by atoms with Gasteiger partial charge in [0.05, 0.1) is 0 Å². The Bertz CT molecular complexity index is 2800. The van der Waals surface area contributed by atoms with E-state index in [4.69, 9.17) is 4.42 Å². The summed E-state index contributed by atoms with van der Waals surface area (Å²) in [6.07, 6.45) is 0. The van der Waals surface area contributed by atoms with E-state index in [1.807, 2.05) is 11.3 Å². The maximum Gasteiger partial charge on any atom is 0.144 e. The van der Waals surface area contributed by atoms with Crippen LogP contribution in [0.2, 0.25) is 0 Å². The van der Waals surface area contributed by atoms with Crippen molar-refractivity contribution in [3.8, 4) is 33.4 Å². The van der Waals surface area contributed by atoms with Crippen molar-refractivity contribution in [3.63, 3.8) is 0 Å². The van der Waals surface area contributed by atoms with Crippen LogP contribution in [0.15, 0.2) is 162 Å². The van der Waals surface area contributed by atoms with E-state index in [1.165, 1.54) is 69.4 Å². The fourth-order valence-electron chi connectivity index (χ4n) is 7.40. The monoisotopic (exact) mass is 602 g/mol. The van der Waals surface area contributed by atoms with Crippen LogP contribution in [-0.2, 0) is 0 Å². The summed E-state index contributed by atoms with van der Waals surface area (Å²) in [7, 11) is 0. The SMILES string of the molecule is c1ccc(-c2ccc3c(c2)sc2cccc(-c4c5ccccc5c(-c5ccc6ccccc6c5)c5oc6ccccc6c45)c23)cc1. The summed E-state index contributed by atoms with van der Waals surface area (Å²) in [6, 6.07) is 57.1. The Morgan fingerprint density at radius 2 is 1.11 bits per heavy atom. The normalized spacial score (nSPS) is 11.9. The molecule has 0 saturated heterocycles. The minimum absolute atomic E-state index is 0.908. The van der Waals surface area contributed by atoms with Gasteiger partial charge >= 0.3 is 0 Å². The van der Waals surface area contributed by atoms with Gasteiger partial charge in [-0.1, -0.05) is 133 Å². The molecular weight excluding hydrogens is 577 g/mol. The van der Waals surface area contributed by atoms with Gasteiger partial charge in [0.1, 0.15) is 11.2 Å². The maximum atomic E-state index is 6.87. The highest BCUT2D eigenvalue weighted by molar-refractivity contribution is 7.26. The molecule has 8 aromatic carbocycles. The average Bonchev–Trinajstić information content (AvgIpc) is 3.69. The van der Waals surface area contributed by atoms with Crippen LogP contribution >= 0.6 is 11.3 Å². The smallest absolute Gasteiger partial charge is 0.144 e. The summed E-state index contributed by atoms with van der Waals surface area (Å²) in [5.41, 5.74) is 9.12. The van der Waals surface area contributed by atoms with E-state index in [0.29, 0.717) is 0 Å². The van der Waals surface area contributed by atoms with Crippen molar-refractivity contribution in [3.05, 3.63) is 158 Å². The molecule has 2 heterocycles. The zero-order valence-corrected chi connectivity index (χ0v) is 25.6. The molecule has 1 nitrogen and oxygen atoms in total. The number of rotatable bonds is 3. The van der Waals surface area contributed by atoms with Crippen molar-refractivity contribution < 1.29 is 4.42 Å². The summed E-state index contributed by atoms with van der Waals surface area (Å²) in [5, 5.41) is 9.80. The molecule has 10 rings (SSSR count). The third-order valence-electron chi connectivity index (χ3n) is 9.45. The van der Waals surface area contributed by atoms with Crippen LogP contribution in [0.4, 0.5) is 0 Å². The fraction of sp³-hybridized carbons (Fsp3) is 0. The summed E-state index contributed by atoms with van der Waals surface area (Å²) in [6.45, 7) is 0. The van der Waals surface area contributed by atoms with Gasteiger partial charge in [0.25, 0.3) is 0 Å². The predicted octanol–water partition coefficient (Wildman–Crippen LogP) is 13.3. The van der Waals surface area contributed by atoms with Crippen LogP contribution in [0.25, 0.3) is 97.0 Å². The van der Waals surface area contributed by atoms with Crippen molar-refractivity contribution in [2.75, 3.05) is 0 Å². The number of hydrogen-bond acceptors (Lipinski definition) is 2. The van der Waals surface area contributed by atoms with Crippen LogP contribution in [0, 0.1) is 0 Å². The standard InChI is InChI=1S/C44H26OS/c1-2-11-27(12-3-1)30-23-24-35-39(26-30)46-38-20-10-18-36(41(35)38)42-33-16-7-6-15-32(33)40(31-22-21-28-13-4-5-14-29(28)25-31)44-43(42)34-17-8-9-19-37(34)45-44/h1-26H. The Kier molecular flexibility index (Phi) is 5.51. The van der Waals surface area contributed by atoms with E-state index < -0.39 is 0 Å². The number of para-hydroxylation sites is 1. The second-order valence-electron chi connectivity index (χ2n) is 12.0. The van der Waals surface area contributed by atoms with Gasteiger partial charge in [0.15, 0.2) is 0 Å². The molecule has 0 aliphatic heterocycles. The first kappa shape index (κ1) is 25.6. The van der Waals surface area contributed by atoms with E-state index in [2.05, 4.69) is 158 Å². The molecule has 0 radical (unpaired) electrons.